The molecular weight excluding hydrogens is 780 g/mol. The Bertz CT molecular complexity index is 3270. The molecule has 2 aliphatic rings. The highest BCUT2D eigenvalue weighted by atomic mass is 32.1. The summed E-state index contributed by atoms with van der Waals surface area (Å²) < 4.78 is 2.71. The lowest BCUT2D eigenvalue weighted by Gasteiger charge is -2.36. The van der Waals surface area contributed by atoms with Crippen molar-refractivity contribution in [3.8, 4) is 33.4 Å². The van der Waals surface area contributed by atoms with Gasteiger partial charge in [-0.1, -0.05) is 171 Å². The van der Waals surface area contributed by atoms with E-state index >= 15 is 0 Å². The molecule has 0 bridgehead atoms. The maximum Gasteiger partial charge on any atom is 0.211 e. The number of hydrogen-bond acceptors (Lipinski definition) is 3. The molecule has 0 spiro atoms. The topological polar surface area (TPSA) is 15.3 Å². The van der Waals surface area contributed by atoms with Gasteiger partial charge in [0, 0.05) is 43.7 Å². The fraction of sp³-hybridized carbons (Fsp3) is 0.186. The fourth-order valence-electron chi connectivity index (χ4n) is 10.4. The van der Waals surface area contributed by atoms with Crippen molar-refractivity contribution in [1.29, 1.82) is 0 Å². The molecule has 0 radical (unpaired) electrons. The van der Waals surface area contributed by atoms with E-state index < -0.39 is 0 Å². The van der Waals surface area contributed by atoms with Crippen molar-refractivity contribution < 1.29 is 0 Å². The van der Waals surface area contributed by atoms with Crippen molar-refractivity contribution >= 4 is 78.2 Å². The minimum absolute atomic E-state index is 0.0110. The van der Waals surface area contributed by atoms with E-state index in [4.69, 9.17) is 0 Å². The summed E-state index contributed by atoms with van der Waals surface area (Å²) in [6.45, 7) is 18.6. The number of benzene rings is 8. The molecule has 0 amide bonds. The minimum atomic E-state index is -0.164. The van der Waals surface area contributed by atoms with Crippen LogP contribution in [0.4, 0.5) is 28.4 Å². The lowest BCUT2D eigenvalue weighted by molar-refractivity contribution is 0.590. The third-order valence-electron chi connectivity index (χ3n) is 13.8. The van der Waals surface area contributed by atoms with Crippen molar-refractivity contribution in [2.45, 2.75) is 71.6 Å². The first-order valence-corrected chi connectivity index (χ1v) is 23.3. The standard InChI is InChI=1S/C59H53BN2S/c1-57(2,3)38-26-29-40(30-27-38)61-49-35-45-42-22-14-16-24-47(42)59(7,8)48(45)34-46(49)53-41-21-13-12-20-37(41)32-51-54(53)60-56-55(43-23-15-17-25-52(43)63-56)62(51)50-31-28-39(58(4,5)6)33-44(50)36-18-10-9-11-19-36/h9-35,60-61H,1-8H3. The molecule has 1 aromatic heterocycles. The number of fused-ring (bicyclic) bond motifs is 8. The van der Waals surface area contributed by atoms with Gasteiger partial charge in [-0.2, -0.15) is 0 Å². The molecule has 1 N–H and O–H groups in total. The molecule has 11 rings (SSSR count). The van der Waals surface area contributed by atoms with E-state index in [0.717, 1.165) is 18.7 Å². The monoisotopic (exact) mass is 832 g/mol. The number of hydrogen-bond donors (Lipinski definition) is 1. The van der Waals surface area contributed by atoms with Crippen LogP contribution in [0.5, 0.6) is 0 Å². The zero-order valence-electron chi connectivity index (χ0n) is 37.7. The van der Waals surface area contributed by atoms with E-state index in [2.05, 4.69) is 229 Å². The Morgan fingerprint density at radius 2 is 1.21 bits per heavy atom. The Labute approximate surface area is 377 Å². The third kappa shape index (κ3) is 6.44. The van der Waals surface area contributed by atoms with E-state index in [1.54, 1.807) is 0 Å². The van der Waals surface area contributed by atoms with Crippen LogP contribution in [-0.4, -0.2) is 7.28 Å². The minimum Gasteiger partial charge on any atom is -0.355 e. The summed E-state index contributed by atoms with van der Waals surface area (Å²) in [6.07, 6.45) is 0. The number of rotatable bonds is 5. The van der Waals surface area contributed by atoms with Crippen molar-refractivity contribution in [3.63, 3.8) is 0 Å². The molecule has 308 valence electrons. The maximum absolute atomic E-state index is 4.03. The van der Waals surface area contributed by atoms with Crippen LogP contribution in [0, 0.1) is 0 Å². The lowest BCUT2D eigenvalue weighted by Crippen LogP contribution is -2.39. The van der Waals surface area contributed by atoms with Gasteiger partial charge in [0.1, 0.15) is 0 Å². The van der Waals surface area contributed by atoms with E-state index in [1.807, 2.05) is 11.3 Å². The van der Waals surface area contributed by atoms with Gasteiger partial charge in [-0.15, -0.1) is 11.3 Å². The molecule has 0 saturated heterocycles. The molecule has 0 unspecified atom stereocenters. The Morgan fingerprint density at radius 3 is 1.97 bits per heavy atom. The second kappa shape index (κ2) is 14.3. The first-order valence-electron chi connectivity index (χ1n) is 22.5. The Hall–Kier alpha value is -6.36. The average Bonchev–Trinajstić information content (AvgIpc) is 3.75. The van der Waals surface area contributed by atoms with Crippen molar-refractivity contribution in [2.75, 3.05) is 10.2 Å². The number of anilines is 5. The third-order valence-corrected chi connectivity index (χ3v) is 14.9. The predicted octanol–water partition coefficient (Wildman–Crippen LogP) is 15.2. The number of thiophene rings is 1. The lowest BCUT2D eigenvalue weighted by atomic mass is 9.61. The maximum atomic E-state index is 4.03. The molecule has 0 fully saturated rings. The van der Waals surface area contributed by atoms with Gasteiger partial charge >= 0.3 is 0 Å². The molecule has 1 aliphatic carbocycles. The SMILES string of the molecule is CC(C)(C)c1ccc(Nc2cc3c(cc2-c2c4c(cc5ccccc25)N(c2ccc(C(C)(C)C)cc2-c2ccccc2)c2c(sc5ccccc25)B4)C(C)(C)c2ccccc2-3)cc1. The first-order chi connectivity index (χ1) is 30.3. The first kappa shape index (κ1) is 39.5. The van der Waals surface area contributed by atoms with Crippen LogP contribution in [0.15, 0.2) is 164 Å². The summed E-state index contributed by atoms with van der Waals surface area (Å²) in [5.74, 6) is 0. The van der Waals surface area contributed by atoms with Crippen LogP contribution in [0.2, 0.25) is 0 Å². The van der Waals surface area contributed by atoms with Crippen LogP contribution < -0.4 is 20.5 Å². The van der Waals surface area contributed by atoms with Crippen LogP contribution in [-0.2, 0) is 16.2 Å². The number of nitrogens with one attached hydrogen (secondary N) is 1. The Balaban J connectivity index is 1.23. The fourth-order valence-corrected chi connectivity index (χ4v) is 11.6. The van der Waals surface area contributed by atoms with Crippen LogP contribution in [0.25, 0.3) is 54.2 Å². The second-order valence-corrected chi connectivity index (χ2v) is 21.4. The van der Waals surface area contributed by atoms with Gasteiger partial charge in [0.2, 0.25) is 7.28 Å². The highest BCUT2D eigenvalue weighted by Crippen LogP contribution is 2.54. The Morgan fingerprint density at radius 1 is 0.540 bits per heavy atom. The second-order valence-electron chi connectivity index (χ2n) is 20.3. The molecule has 2 heterocycles. The number of nitrogens with zero attached hydrogens (tertiary/aromatic N) is 1. The van der Waals surface area contributed by atoms with Crippen molar-refractivity contribution in [2.24, 2.45) is 0 Å². The van der Waals surface area contributed by atoms with E-state index in [9.17, 15) is 0 Å². The summed E-state index contributed by atoms with van der Waals surface area (Å²) in [5.41, 5.74) is 20.2. The Kier molecular flexibility index (Phi) is 8.99. The molecule has 1 aliphatic heterocycles. The molecule has 4 heteroatoms. The van der Waals surface area contributed by atoms with Crippen LogP contribution in [0.3, 0.4) is 0 Å². The zero-order valence-corrected chi connectivity index (χ0v) is 38.5. The molecule has 8 aromatic carbocycles. The highest BCUT2D eigenvalue weighted by molar-refractivity contribution is 7.29. The van der Waals surface area contributed by atoms with Gasteiger partial charge in [-0.3, -0.25) is 0 Å². The van der Waals surface area contributed by atoms with Crippen molar-refractivity contribution in [3.05, 3.63) is 186 Å². The van der Waals surface area contributed by atoms with Crippen LogP contribution >= 0.6 is 11.3 Å². The summed E-state index contributed by atoms with van der Waals surface area (Å²) in [7, 11) is 0.835. The van der Waals surface area contributed by atoms with Gasteiger partial charge < -0.3 is 10.2 Å². The smallest absolute Gasteiger partial charge is 0.211 e. The van der Waals surface area contributed by atoms with Gasteiger partial charge in [0.15, 0.2) is 0 Å². The molecular formula is C59H53BN2S. The highest BCUT2D eigenvalue weighted by Gasteiger charge is 2.38. The van der Waals surface area contributed by atoms with Crippen molar-refractivity contribution in [1.82, 2.24) is 0 Å². The van der Waals surface area contributed by atoms with Gasteiger partial charge in [-0.25, -0.2) is 0 Å². The largest absolute Gasteiger partial charge is 0.355 e. The van der Waals surface area contributed by atoms with E-state index in [-0.39, 0.29) is 16.2 Å². The summed E-state index contributed by atoms with van der Waals surface area (Å²) in [5, 5.41) is 7.84. The molecule has 63 heavy (non-hydrogen) atoms. The zero-order chi connectivity index (χ0) is 43.4. The predicted molar refractivity (Wildman–Crippen MR) is 276 cm³/mol. The normalized spacial score (nSPS) is 13.9. The molecule has 0 atom stereocenters. The van der Waals surface area contributed by atoms with E-state index in [1.165, 1.54) is 104 Å². The summed E-state index contributed by atoms with van der Waals surface area (Å²) in [6, 6.07) is 61.8. The van der Waals surface area contributed by atoms with Crippen LogP contribution in [0.1, 0.15) is 77.6 Å². The average molecular weight is 833 g/mol. The quantitative estimate of drug-likeness (QED) is 0.174. The molecule has 2 nitrogen and oxygen atoms in total. The van der Waals surface area contributed by atoms with Gasteiger partial charge in [0.05, 0.1) is 11.4 Å². The summed E-state index contributed by atoms with van der Waals surface area (Å²) in [4.78, 5) is 2.63. The molecule has 0 saturated carbocycles. The van der Waals surface area contributed by atoms with E-state index in [0.29, 0.717) is 0 Å². The van der Waals surface area contributed by atoms with Gasteiger partial charge in [-0.05, 0) is 125 Å². The summed E-state index contributed by atoms with van der Waals surface area (Å²) >= 11 is 1.94. The molecule has 9 aromatic rings. The van der Waals surface area contributed by atoms with Gasteiger partial charge in [0.25, 0.3) is 0 Å².